The van der Waals surface area contributed by atoms with Crippen molar-refractivity contribution in [3.63, 3.8) is 0 Å². The molecule has 0 N–H and O–H groups in total. The number of hydrogen-bond acceptors (Lipinski definition) is 3. The lowest BCUT2D eigenvalue weighted by Crippen LogP contribution is -2.14. The summed E-state index contributed by atoms with van der Waals surface area (Å²) >= 11 is 0. The van der Waals surface area contributed by atoms with Crippen LogP contribution in [0.3, 0.4) is 0 Å². The van der Waals surface area contributed by atoms with Gasteiger partial charge in [-0.25, -0.2) is 0 Å². The molecular weight excluding hydrogens is 510 g/mol. The van der Waals surface area contributed by atoms with Gasteiger partial charge in [-0.05, 0) is 127 Å². The quantitative estimate of drug-likeness (QED) is 0.235. The summed E-state index contributed by atoms with van der Waals surface area (Å²) in [4.78, 5) is 2.36. The molecule has 0 aliphatic heterocycles. The number of anilines is 3. The molecule has 0 spiro atoms. The molecule has 3 aromatic rings. The highest BCUT2D eigenvalue weighted by Gasteiger charge is 2.25. The second-order valence-electron chi connectivity index (χ2n) is 11.6. The van der Waals surface area contributed by atoms with Crippen LogP contribution in [0.5, 0.6) is 0 Å². The summed E-state index contributed by atoms with van der Waals surface area (Å²) in [6, 6.07) is 31.2. The predicted octanol–water partition coefficient (Wildman–Crippen LogP) is 10.7. The number of unbranched alkanes of at least 4 members (excludes halogenated alkanes) is 2. The van der Waals surface area contributed by atoms with Crippen LogP contribution in [-0.2, 0) is 12.8 Å². The summed E-state index contributed by atoms with van der Waals surface area (Å²) in [5.74, 6) is 0.520. The van der Waals surface area contributed by atoms with Crippen LogP contribution in [0.4, 0.5) is 17.1 Å². The van der Waals surface area contributed by atoms with E-state index in [9.17, 15) is 10.5 Å². The number of aryl methyl sites for hydroxylation is 2. The Morgan fingerprint density at radius 3 is 1.69 bits per heavy atom. The largest absolute Gasteiger partial charge is 0.311 e. The van der Waals surface area contributed by atoms with E-state index in [1.165, 1.54) is 64.9 Å². The van der Waals surface area contributed by atoms with E-state index in [-0.39, 0.29) is 5.57 Å². The normalized spacial score (nSPS) is 16.0. The van der Waals surface area contributed by atoms with Crippen LogP contribution in [0, 0.1) is 28.6 Å². The molecule has 3 heteroatoms. The van der Waals surface area contributed by atoms with Gasteiger partial charge in [0.05, 0.1) is 0 Å². The van der Waals surface area contributed by atoms with Crippen LogP contribution in [0.2, 0.25) is 0 Å². The first kappa shape index (κ1) is 29.2. The fourth-order valence-electron chi connectivity index (χ4n) is 6.21. The maximum Gasteiger partial charge on any atom is 0.132 e. The Kier molecular flexibility index (Phi) is 9.74. The van der Waals surface area contributed by atoms with Gasteiger partial charge in [-0.15, -0.1) is 0 Å². The average Bonchev–Trinajstić information content (AvgIpc) is 3.04. The molecule has 0 saturated carbocycles. The van der Waals surface area contributed by atoms with Crippen molar-refractivity contribution in [2.24, 2.45) is 5.92 Å². The van der Waals surface area contributed by atoms with Crippen LogP contribution in [0.1, 0.15) is 81.9 Å². The topological polar surface area (TPSA) is 50.8 Å². The van der Waals surface area contributed by atoms with Crippen molar-refractivity contribution in [2.45, 2.75) is 78.1 Å². The van der Waals surface area contributed by atoms with Crippen molar-refractivity contribution < 1.29 is 0 Å². The molecule has 1 atom stereocenters. The Balaban J connectivity index is 1.45. The number of nitriles is 2. The first-order valence-corrected chi connectivity index (χ1v) is 15.7. The third-order valence-electron chi connectivity index (χ3n) is 8.75. The molecular formula is C39H41N3. The molecule has 212 valence electrons. The second-order valence-corrected chi connectivity index (χ2v) is 11.6. The molecule has 1 unspecified atom stereocenters. The van der Waals surface area contributed by atoms with Gasteiger partial charge in [0.1, 0.15) is 17.7 Å². The van der Waals surface area contributed by atoms with E-state index in [0.717, 1.165) is 49.8 Å². The Labute approximate surface area is 252 Å². The van der Waals surface area contributed by atoms with E-state index in [2.05, 4.69) is 116 Å². The zero-order chi connectivity index (χ0) is 29.3. The van der Waals surface area contributed by atoms with Gasteiger partial charge >= 0.3 is 0 Å². The highest BCUT2D eigenvalue weighted by atomic mass is 15.1. The van der Waals surface area contributed by atoms with Crippen LogP contribution >= 0.6 is 0 Å². The van der Waals surface area contributed by atoms with E-state index >= 15 is 0 Å². The highest BCUT2D eigenvalue weighted by molar-refractivity contribution is 5.79. The fraction of sp³-hybridized carbons (Fsp3) is 0.333. The van der Waals surface area contributed by atoms with E-state index < -0.39 is 0 Å². The maximum absolute atomic E-state index is 9.36. The third kappa shape index (κ3) is 6.75. The molecule has 3 nitrogen and oxygen atoms in total. The SMILES string of the molecule is CCCCc1ccc(N(c2ccc(CCCC)cc2)c2ccc(C3=CC4=CC(=C(C#N)C#N)CCC4CC3)cc2)cc1. The summed E-state index contributed by atoms with van der Waals surface area (Å²) in [6.07, 6.45) is 15.5. The number of allylic oxidation sites excluding steroid dienone is 6. The Morgan fingerprint density at radius 1 is 0.690 bits per heavy atom. The first-order valence-electron chi connectivity index (χ1n) is 15.7. The summed E-state index contributed by atoms with van der Waals surface area (Å²) in [6.45, 7) is 4.48. The van der Waals surface area contributed by atoms with Crippen molar-refractivity contribution in [1.82, 2.24) is 0 Å². The van der Waals surface area contributed by atoms with Gasteiger partial charge in [0, 0.05) is 17.1 Å². The number of benzene rings is 3. The monoisotopic (exact) mass is 551 g/mol. The molecule has 3 aromatic carbocycles. The maximum atomic E-state index is 9.36. The Hall–Kier alpha value is -4.34. The average molecular weight is 552 g/mol. The zero-order valence-electron chi connectivity index (χ0n) is 25.1. The van der Waals surface area contributed by atoms with E-state index in [1.807, 2.05) is 0 Å². The molecule has 42 heavy (non-hydrogen) atoms. The second kappa shape index (κ2) is 14.0. The van der Waals surface area contributed by atoms with Crippen molar-refractivity contribution in [3.05, 3.63) is 118 Å². The van der Waals surface area contributed by atoms with Crippen molar-refractivity contribution >= 4 is 22.6 Å². The summed E-state index contributed by atoms with van der Waals surface area (Å²) in [7, 11) is 0. The minimum atomic E-state index is 0.253. The lowest BCUT2D eigenvalue weighted by atomic mass is 9.75. The fourth-order valence-corrected chi connectivity index (χ4v) is 6.21. The van der Waals surface area contributed by atoms with Crippen molar-refractivity contribution in [2.75, 3.05) is 4.90 Å². The lowest BCUT2D eigenvalue weighted by Gasteiger charge is -2.29. The number of fused-ring (bicyclic) bond motifs is 1. The van der Waals surface area contributed by atoms with Gasteiger partial charge in [-0.3, -0.25) is 0 Å². The smallest absolute Gasteiger partial charge is 0.132 e. The van der Waals surface area contributed by atoms with Crippen LogP contribution in [0.15, 0.2) is 102 Å². The number of hydrogen-bond donors (Lipinski definition) is 0. The molecule has 0 fully saturated rings. The molecule has 2 aliphatic carbocycles. The van der Waals surface area contributed by atoms with Crippen molar-refractivity contribution in [1.29, 1.82) is 10.5 Å². The van der Waals surface area contributed by atoms with Gasteiger partial charge < -0.3 is 4.90 Å². The molecule has 0 heterocycles. The molecule has 0 bridgehead atoms. The molecule has 0 saturated heterocycles. The van der Waals surface area contributed by atoms with Gasteiger partial charge in [-0.2, -0.15) is 10.5 Å². The van der Waals surface area contributed by atoms with E-state index in [4.69, 9.17) is 0 Å². The number of rotatable bonds is 10. The molecule has 0 radical (unpaired) electrons. The van der Waals surface area contributed by atoms with Crippen LogP contribution in [0.25, 0.3) is 5.57 Å². The summed E-state index contributed by atoms with van der Waals surface area (Å²) < 4.78 is 0. The first-order chi connectivity index (χ1) is 20.6. The lowest BCUT2D eigenvalue weighted by molar-refractivity contribution is 0.512. The molecule has 0 aromatic heterocycles. The van der Waals surface area contributed by atoms with Crippen LogP contribution in [-0.4, -0.2) is 0 Å². The number of nitrogens with zero attached hydrogens (tertiary/aromatic N) is 3. The molecule has 2 aliphatic rings. The highest BCUT2D eigenvalue weighted by Crippen LogP contribution is 2.42. The van der Waals surface area contributed by atoms with Gasteiger partial charge in [0.25, 0.3) is 0 Å². The summed E-state index contributed by atoms with van der Waals surface area (Å²) in [5, 5.41) is 18.7. The Bertz CT molecular complexity index is 1470. The standard InChI is InChI=1S/C39H41N3/c1-3-5-7-29-9-19-37(20-10-29)42(38-21-11-30(12-22-38)8-6-4-2)39-23-17-31(18-24-39)33-15-13-32-14-16-34(26-35(32)25-33)36(27-40)28-41/h9-12,17-26,32H,3-8,13-16H2,1-2H3. The summed E-state index contributed by atoms with van der Waals surface area (Å²) in [5.41, 5.74) is 11.2. The van der Waals surface area contributed by atoms with E-state index in [0.29, 0.717) is 5.92 Å². The van der Waals surface area contributed by atoms with Crippen molar-refractivity contribution in [3.8, 4) is 12.1 Å². The Morgan fingerprint density at radius 2 is 1.19 bits per heavy atom. The van der Waals surface area contributed by atoms with Gasteiger partial charge in [-0.1, -0.05) is 75.2 Å². The van der Waals surface area contributed by atoms with Gasteiger partial charge in [0.2, 0.25) is 0 Å². The zero-order valence-corrected chi connectivity index (χ0v) is 25.1. The van der Waals surface area contributed by atoms with Crippen LogP contribution < -0.4 is 4.90 Å². The molecule has 5 rings (SSSR count). The molecule has 0 amide bonds. The minimum absolute atomic E-state index is 0.253. The van der Waals surface area contributed by atoms with Gasteiger partial charge in [0.15, 0.2) is 0 Å². The predicted molar refractivity (Wildman–Crippen MR) is 175 cm³/mol. The third-order valence-corrected chi connectivity index (χ3v) is 8.75. The van der Waals surface area contributed by atoms with E-state index in [1.54, 1.807) is 0 Å². The minimum Gasteiger partial charge on any atom is -0.311 e.